The van der Waals surface area contributed by atoms with Gasteiger partial charge in [0.15, 0.2) is 0 Å². The zero-order valence-electron chi connectivity index (χ0n) is 8.59. The van der Waals surface area contributed by atoms with Crippen molar-refractivity contribution in [3.63, 3.8) is 0 Å². The van der Waals surface area contributed by atoms with Crippen molar-refractivity contribution in [1.29, 1.82) is 0 Å². The fourth-order valence-electron chi connectivity index (χ4n) is 1.50. The van der Waals surface area contributed by atoms with Gasteiger partial charge in [-0.1, -0.05) is 24.3 Å². The average molecular weight is 216 g/mol. The Labute approximate surface area is 92.6 Å². The lowest BCUT2D eigenvalue weighted by atomic mass is 10.1. The van der Waals surface area contributed by atoms with Crippen LogP contribution in [-0.4, -0.2) is 16.2 Å². The fourth-order valence-corrected chi connectivity index (χ4v) is 1.50. The van der Waals surface area contributed by atoms with Crippen molar-refractivity contribution in [2.75, 3.05) is 0 Å². The molecule has 0 fully saturated rings. The van der Waals surface area contributed by atoms with E-state index >= 15 is 0 Å². The third-order valence-corrected chi connectivity index (χ3v) is 2.25. The van der Waals surface area contributed by atoms with E-state index in [1.807, 2.05) is 30.3 Å². The van der Waals surface area contributed by atoms with Crippen LogP contribution in [-0.2, 0) is 6.54 Å². The van der Waals surface area contributed by atoms with Gasteiger partial charge in [0.1, 0.15) is 0 Å². The van der Waals surface area contributed by atoms with Gasteiger partial charge in [-0.2, -0.15) is 0 Å². The summed E-state index contributed by atoms with van der Waals surface area (Å²) in [6, 6.07) is 9.74. The predicted octanol–water partition coefficient (Wildman–Crippen LogP) is 1.03. The number of nitrogens with two attached hydrogens (primary N) is 1. The van der Waals surface area contributed by atoms with Crippen molar-refractivity contribution >= 4 is 16.9 Å². The molecule has 1 aromatic carbocycles. The van der Waals surface area contributed by atoms with Crippen LogP contribution in [0.3, 0.4) is 0 Å². The second-order valence-electron chi connectivity index (χ2n) is 3.31. The lowest BCUT2D eigenvalue weighted by molar-refractivity contribution is 0.232. The summed E-state index contributed by atoms with van der Waals surface area (Å²) in [5.74, 6) is -0.00654. The number of aromatic nitrogens is 1. The minimum Gasteiger partial charge on any atom is -0.368 e. The van der Waals surface area contributed by atoms with E-state index in [2.05, 4.69) is 9.98 Å². The van der Waals surface area contributed by atoms with E-state index in [9.17, 15) is 0 Å². The summed E-state index contributed by atoms with van der Waals surface area (Å²) in [7, 11) is 0. The Kier molecular flexibility index (Phi) is 2.98. The quantitative estimate of drug-likeness (QED) is 0.397. The Bertz CT molecular complexity index is 519. The van der Waals surface area contributed by atoms with Gasteiger partial charge in [0.25, 0.3) is 0 Å². The average Bonchev–Trinajstić information content (AvgIpc) is 2.35. The molecule has 0 aliphatic rings. The van der Waals surface area contributed by atoms with Gasteiger partial charge in [0.05, 0.1) is 12.1 Å². The molecule has 1 aromatic heterocycles. The van der Waals surface area contributed by atoms with Crippen molar-refractivity contribution < 1.29 is 5.21 Å². The number of guanidine groups is 1. The molecular weight excluding hydrogens is 204 g/mol. The molecule has 0 aliphatic heterocycles. The Balaban J connectivity index is 2.37. The number of fused-ring (bicyclic) bond motifs is 1. The first-order chi connectivity index (χ1) is 7.81. The van der Waals surface area contributed by atoms with Crippen LogP contribution in [0.4, 0.5) is 0 Å². The highest BCUT2D eigenvalue weighted by Gasteiger charge is 2.00. The first kappa shape index (κ1) is 10.4. The number of hydrogen-bond acceptors (Lipinski definition) is 3. The zero-order valence-corrected chi connectivity index (χ0v) is 8.59. The zero-order chi connectivity index (χ0) is 11.4. The first-order valence-corrected chi connectivity index (χ1v) is 4.84. The monoisotopic (exact) mass is 216 g/mol. The fraction of sp³-hybridized carbons (Fsp3) is 0.0909. The van der Waals surface area contributed by atoms with Gasteiger partial charge in [-0.25, -0.2) is 10.5 Å². The van der Waals surface area contributed by atoms with Crippen molar-refractivity contribution in [3.8, 4) is 0 Å². The molecule has 16 heavy (non-hydrogen) atoms. The SMILES string of the molecule is NC(=NCc1cccc2cccnc12)NO. The molecule has 5 nitrogen and oxygen atoms in total. The third-order valence-electron chi connectivity index (χ3n) is 2.25. The maximum absolute atomic E-state index is 8.50. The molecule has 0 spiro atoms. The summed E-state index contributed by atoms with van der Waals surface area (Å²) in [6.45, 7) is 0.383. The summed E-state index contributed by atoms with van der Waals surface area (Å²) in [5.41, 5.74) is 9.00. The lowest BCUT2D eigenvalue weighted by Gasteiger charge is -2.03. The molecule has 1 heterocycles. The highest BCUT2D eigenvalue weighted by molar-refractivity contribution is 5.82. The minimum absolute atomic E-state index is 0.00654. The number of para-hydroxylation sites is 1. The summed E-state index contributed by atoms with van der Waals surface area (Å²) in [4.78, 5) is 8.25. The number of hydrogen-bond donors (Lipinski definition) is 3. The second-order valence-corrected chi connectivity index (χ2v) is 3.31. The number of rotatable bonds is 2. The standard InChI is InChI=1S/C11H12N4O/c12-11(15-16)14-7-9-4-1-3-8-5-2-6-13-10(8)9/h1-6,16H,7H2,(H3,12,14,15). The van der Waals surface area contributed by atoms with E-state index in [1.165, 1.54) is 0 Å². The Hall–Kier alpha value is -2.14. The first-order valence-electron chi connectivity index (χ1n) is 4.84. The van der Waals surface area contributed by atoms with E-state index < -0.39 is 0 Å². The maximum Gasteiger partial charge on any atom is 0.213 e. The summed E-state index contributed by atoms with van der Waals surface area (Å²) < 4.78 is 0. The normalized spacial score (nSPS) is 11.7. The molecule has 0 unspecified atom stereocenters. The molecule has 0 saturated heterocycles. The van der Waals surface area contributed by atoms with E-state index in [-0.39, 0.29) is 5.96 Å². The van der Waals surface area contributed by atoms with Gasteiger partial charge in [0.2, 0.25) is 5.96 Å². The molecule has 0 aliphatic carbocycles. The highest BCUT2D eigenvalue weighted by Crippen LogP contribution is 2.16. The predicted molar refractivity (Wildman–Crippen MR) is 62.0 cm³/mol. The number of pyridine rings is 1. The molecule has 2 aromatic rings. The molecule has 2 rings (SSSR count). The highest BCUT2D eigenvalue weighted by atomic mass is 16.5. The number of nitrogens with zero attached hydrogens (tertiary/aromatic N) is 2. The number of nitrogens with one attached hydrogen (secondary N) is 1. The number of hydroxylamine groups is 1. The van der Waals surface area contributed by atoms with Crippen LogP contribution in [0.5, 0.6) is 0 Å². The van der Waals surface area contributed by atoms with E-state index in [0.717, 1.165) is 16.5 Å². The molecule has 0 radical (unpaired) electrons. The van der Waals surface area contributed by atoms with Crippen LogP contribution in [0, 0.1) is 0 Å². The molecule has 0 atom stereocenters. The van der Waals surface area contributed by atoms with Crippen molar-refractivity contribution in [1.82, 2.24) is 10.5 Å². The van der Waals surface area contributed by atoms with Gasteiger partial charge in [-0.15, -0.1) is 0 Å². The molecule has 0 amide bonds. The largest absolute Gasteiger partial charge is 0.368 e. The van der Waals surface area contributed by atoms with Crippen LogP contribution >= 0.6 is 0 Å². The lowest BCUT2D eigenvalue weighted by Crippen LogP contribution is -2.28. The summed E-state index contributed by atoms with van der Waals surface area (Å²) in [5, 5.41) is 9.57. The van der Waals surface area contributed by atoms with E-state index in [4.69, 9.17) is 10.9 Å². The van der Waals surface area contributed by atoms with Crippen LogP contribution < -0.4 is 11.2 Å². The molecule has 82 valence electrons. The van der Waals surface area contributed by atoms with Gasteiger partial charge in [0, 0.05) is 11.6 Å². The number of aliphatic imine (C=N–C) groups is 1. The van der Waals surface area contributed by atoms with Gasteiger partial charge < -0.3 is 5.73 Å². The van der Waals surface area contributed by atoms with E-state index in [1.54, 1.807) is 11.7 Å². The van der Waals surface area contributed by atoms with Gasteiger partial charge >= 0.3 is 0 Å². The van der Waals surface area contributed by atoms with Crippen molar-refractivity contribution in [2.24, 2.45) is 10.7 Å². The van der Waals surface area contributed by atoms with Crippen LogP contribution in [0.15, 0.2) is 41.5 Å². The topological polar surface area (TPSA) is 83.5 Å². The van der Waals surface area contributed by atoms with Crippen LogP contribution in [0.1, 0.15) is 5.56 Å². The minimum atomic E-state index is -0.00654. The molecule has 5 heteroatoms. The third kappa shape index (κ3) is 2.09. The summed E-state index contributed by atoms with van der Waals surface area (Å²) >= 11 is 0. The molecule has 4 N–H and O–H groups in total. The Morgan fingerprint density at radius 1 is 1.38 bits per heavy atom. The van der Waals surface area contributed by atoms with Crippen molar-refractivity contribution in [3.05, 3.63) is 42.1 Å². The van der Waals surface area contributed by atoms with Crippen molar-refractivity contribution in [2.45, 2.75) is 6.54 Å². The summed E-state index contributed by atoms with van der Waals surface area (Å²) in [6.07, 6.45) is 1.74. The Morgan fingerprint density at radius 3 is 3.00 bits per heavy atom. The molecule has 0 bridgehead atoms. The van der Waals surface area contributed by atoms with Crippen LogP contribution in [0.25, 0.3) is 10.9 Å². The smallest absolute Gasteiger partial charge is 0.213 e. The molecular formula is C11H12N4O. The van der Waals surface area contributed by atoms with E-state index in [0.29, 0.717) is 6.54 Å². The Morgan fingerprint density at radius 2 is 2.19 bits per heavy atom. The number of benzene rings is 1. The second kappa shape index (κ2) is 4.59. The van der Waals surface area contributed by atoms with Gasteiger partial charge in [-0.3, -0.25) is 10.2 Å². The molecule has 0 saturated carbocycles. The van der Waals surface area contributed by atoms with Gasteiger partial charge in [-0.05, 0) is 11.6 Å². The maximum atomic E-state index is 8.50. The van der Waals surface area contributed by atoms with Crippen LogP contribution in [0.2, 0.25) is 0 Å².